The van der Waals surface area contributed by atoms with Crippen LogP contribution in [-0.4, -0.2) is 40.6 Å². The summed E-state index contributed by atoms with van der Waals surface area (Å²) in [5.41, 5.74) is 1.05. The van der Waals surface area contributed by atoms with E-state index in [9.17, 15) is 4.79 Å². The van der Waals surface area contributed by atoms with Gasteiger partial charge in [-0.05, 0) is 37.1 Å². The van der Waals surface area contributed by atoms with Crippen molar-refractivity contribution < 1.29 is 14.1 Å². The number of amides is 1. The molecule has 0 spiro atoms. The number of aromatic nitrogens is 2. The standard InChI is InChI=1S/C23H28N4O2S/c1-2-13-27(17-20-24-25-22(29-20)19-12-9-16-30-19)21(18-10-5-3-6-11-18)23(28)26-14-7-4-8-15-26/h3,5-6,9-12,16,21H,2,4,7-8,13-15,17H2,1H3/p+1/t21-/m0/s1. The van der Waals surface area contributed by atoms with Crippen LogP contribution in [0.5, 0.6) is 0 Å². The monoisotopic (exact) mass is 425 g/mol. The van der Waals surface area contributed by atoms with Crippen molar-refractivity contribution in [2.24, 2.45) is 0 Å². The molecule has 2 aromatic heterocycles. The number of carbonyl (C=O) groups excluding carboxylic acids is 1. The van der Waals surface area contributed by atoms with Crippen molar-refractivity contribution in [2.45, 2.75) is 45.2 Å². The van der Waals surface area contributed by atoms with E-state index in [0.717, 1.165) is 54.2 Å². The number of benzene rings is 1. The molecular formula is C23H29N4O2S+. The average Bonchev–Trinajstić information content (AvgIpc) is 3.47. The second-order valence-electron chi connectivity index (χ2n) is 7.79. The van der Waals surface area contributed by atoms with Crippen LogP contribution in [0.25, 0.3) is 10.8 Å². The molecule has 1 aliphatic heterocycles. The Kier molecular flexibility index (Phi) is 6.92. The molecular weight excluding hydrogens is 396 g/mol. The number of nitrogens with zero attached hydrogens (tertiary/aromatic N) is 3. The van der Waals surface area contributed by atoms with Crippen molar-refractivity contribution >= 4 is 17.2 Å². The number of hydrogen-bond donors (Lipinski definition) is 1. The van der Waals surface area contributed by atoms with Gasteiger partial charge in [-0.25, -0.2) is 0 Å². The Hall–Kier alpha value is -2.51. The summed E-state index contributed by atoms with van der Waals surface area (Å²) < 4.78 is 5.96. The first-order valence-corrected chi connectivity index (χ1v) is 11.7. The first-order chi connectivity index (χ1) is 14.8. The maximum absolute atomic E-state index is 13.6. The quantitative estimate of drug-likeness (QED) is 0.601. The number of hydrogen-bond acceptors (Lipinski definition) is 5. The van der Waals surface area contributed by atoms with E-state index in [0.29, 0.717) is 18.3 Å². The normalized spacial score (nSPS) is 16.4. The summed E-state index contributed by atoms with van der Waals surface area (Å²) in [5, 5.41) is 10.5. The summed E-state index contributed by atoms with van der Waals surface area (Å²) in [7, 11) is 0. The molecule has 0 aliphatic carbocycles. The molecule has 1 aromatic carbocycles. The van der Waals surface area contributed by atoms with Gasteiger partial charge < -0.3 is 14.2 Å². The molecule has 3 heterocycles. The van der Waals surface area contributed by atoms with E-state index in [2.05, 4.69) is 29.3 Å². The van der Waals surface area contributed by atoms with Gasteiger partial charge >= 0.3 is 0 Å². The van der Waals surface area contributed by atoms with E-state index in [-0.39, 0.29) is 11.9 Å². The molecule has 4 rings (SSSR count). The fourth-order valence-corrected chi connectivity index (χ4v) is 4.81. The van der Waals surface area contributed by atoms with Crippen molar-refractivity contribution in [1.82, 2.24) is 15.1 Å². The van der Waals surface area contributed by atoms with Crippen LogP contribution in [0.1, 0.15) is 50.1 Å². The van der Waals surface area contributed by atoms with Crippen LogP contribution in [0, 0.1) is 0 Å². The number of thiophene rings is 1. The Morgan fingerprint density at radius 2 is 1.93 bits per heavy atom. The van der Waals surface area contributed by atoms with E-state index < -0.39 is 0 Å². The Labute approximate surface area is 181 Å². The lowest BCUT2D eigenvalue weighted by Crippen LogP contribution is -3.12. The molecule has 7 heteroatoms. The second kappa shape index (κ2) is 10.00. The summed E-state index contributed by atoms with van der Waals surface area (Å²) >= 11 is 1.58. The van der Waals surface area contributed by atoms with Gasteiger partial charge in [0.15, 0.2) is 12.6 Å². The van der Waals surface area contributed by atoms with Gasteiger partial charge in [-0.3, -0.25) is 4.79 Å². The highest BCUT2D eigenvalue weighted by atomic mass is 32.1. The van der Waals surface area contributed by atoms with Crippen molar-refractivity contribution in [3.63, 3.8) is 0 Å². The van der Waals surface area contributed by atoms with Crippen molar-refractivity contribution in [3.05, 3.63) is 59.3 Å². The summed E-state index contributed by atoms with van der Waals surface area (Å²) in [5.74, 6) is 1.34. The summed E-state index contributed by atoms with van der Waals surface area (Å²) in [6.07, 6.45) is 4.35. The Bertz CT molecular complexity index is 920. The largest absolute Gasteiger partial charge is 0.414 e. The van der Waals surface area contributed by atoms with Gasteiger partial charge in [-0.15, -0.1) is 21.5 Å². The molecule has 1 amide bonds. The molecule has 1 aliphatic rings. The molecule has 1 fully saturated rings. The molecule has 1 saturated heterocycles. The lowest BCUT2D eigenvalue weighted by Gasteiger charge is -2.33. The van der Waals surface area contributed by atoms with Crippen LogP contribution >= 0.6 is 11.3 Å². The highest BCUT2D eigenvalue weighted by Crippen LogP contribution is 2.23. The first kappa shape index (κ1) is 20.8. The number of rotatable bonds is 8. The zero-order valence-electron chi connectivity index (χ0n) is 17.4. The molecule has 0 saturated carbocycles. The zero-order valence-corrected chi connectivity index (χ0v) is 18.2. The van der Waals surface area contributed by atoms with Crippen LogP contribution in [0.2, 0.25) is 0 Å². The third kappa shape index (κ3) is 4.79. The molecule has 2 atom stereocenters. The smallest absolute Gasteiger partial charge is 0.285 e. The lowest BCUT2D eigenvalue weighted by atomic mass is 10.0. The summed E-state index contributed by atoms with van der Waals surface area (Å²) in [6, 6.07) is 13.8. The Balaban J connectivity index is 1.61. The predicted molar refractivity (Wildman–Crippen MR) is 117 cm³/mol. The van der Waals surface area contributed by atoms with Gasteiger partial charge in [0.1, 0.15) is 0 Å². The van der Waals surface area contributed by atoms with Gasteiger partial charge in [0.2, 0.25) is 0 Å². The summed E-state index contributed by atoms with van der Waals surface area (Å²) in [6.45, 7) is 5.24. The van der Waals surface area contributed by atoms with E-state index >= 15 is 0 Å². The van der Waals surface area contributed by atoms with Crippen LogP contribution < -0.4 is 4.90 Å². The van der Waals surface area contributed by atoms with Crippen molar-refractivity contribution in [3.8, 4) is 10.8 Å². The van der Waals surface area contributed by atoms with Crippen LogP contribution in [0.15, 0.2) is 52.3 Å². The van der Waals surface area contributed by atoms with E-state index in [4.69, 9.17) is 4.42 Å². The Morgan fingerprint density at radius 3 is 2.63 bits per heavy atom. The second-order valence-corrected chi connectivity index (χ2v) is 8.74. The highest BCUT2D eigenvalue weighted by Gasteiger charge is 2.36. The van der Waals surface area contributed by atoms with Gasteiger partial charge in [-0.1, -0.05) is 43.3 Å². The number of likely N-dealkylation sites (tertiary alicyclic amines) is 1. The van der Waals surface area contributed by atoms with Crippen LogP contribution in [0.3, 0.4) is 0 Å². The first-order valence-electron chi connectivity index (χ1n) is 10.8. The van der Waals surface area contributed by atoms with Gasteiger partial charge in [0.05, 0.1) is 11.4 Å². The maximum atomic E-state index is 13.6. The van der Waals surface area contributed by atoms with E-state index in [1.54, 1.807) is 11.3 Å². The fraction of sp³-hybridized carbons (Fsp3) is 0.435. The summed E-state index contributed by atoms with van der Waals surface area (Å²) in [4.78, 5) is 17.8. The maximum Gasteiger partial charge on any atom is 0.285 e. The third-order valence-corrected chi connectivity index (χ3v) is 6.46. The number of nitrogens with one attached hydrogen (secondary N) is 1. The lowest BCUT2D eigenvalue weighted by molar-refractivity contribution is -0.937. The van der Waals surface area contributed by atoms with Gasteiger partial charge in [0, 0.05) is 18.7 Å². The average molecular weight is 426 g/mol. The fourth-order valence-electron chi connectivity index (χ4n) is 4.17. The highest BCUT2D eigenvalue weighted by molar-refractivity contribution is 7.13. The number of quaternary nitrogens is 1. The predicted octanol–water partition coefficient (Wildman–Crippen LogP) is 3.35. The number of carbonyl (C=O) groups is 1. The van der Waals surface area contributed by atoms with Gasteiger partial charge in [-0.2, -0.15) is 0 Å². The molecule has 30 heavy (non-hydrogen) atoms. The molecule has 1 N–H and O–H groups in total. The van der Waals surface area contributed by atoms with Crippen LogP contribution in [-0.2, 0) is 11.3 Å². The minimum absolute atomic E-state index is 0.211. The van der Waals surface area contributed by atoms with Gasteiger partial charge in [0.25, 0.3) is 17.7 Å². The van der Waals surface area contributed by atoms with Crippen molar-refractivity contribution in [1.29, 1.82) is 0 Å². The molecule has 0 bridgehead atoms. The molecule has 6 nitrogen and oxygen atoms in total. The van der Waals surface area contributed by atoms with Crippen molar-refractivity contribution in [2.75, 3.05) is 19.6 Å². The topological polar surface area (TPSA) is 63.7 Å². The SMILES string of the molecule is CCC[NH+](Cc1nnc(-c2cccs2)o1)[C@H](C(=O)N1CCCCC1)c1ccccc1. The molecule has 158 valence electrons. The molecule has 0 radical (unpaired) electrons. The molecule has 3 aromatic rings. The van der Waals surface area contributed by atoms with E-state index in [1.807, 2.05) is 40.6 Å². The zero-order chi connectivity index (χ0) is 20.8. The van der Waals surface area contributed by atoms with E-state index in [1.165, 1.54) is 6.42 Å². The minimum atomic E-state index is -0.263. The third-order valence-electron chi connectivity index (χ3n) is 5.60. The minimum Gasteiger partial charge on any atom is -0.414 e. The van der Waals surface area contributed by atoms with Crippen LogP contribution in [0.4, 0.5) is 0 Å². The Morgan fingerprint density at radius 1 is 1.13 bits per heavy atom. The molecule has 1 unspecified atom stereocenters. The number of piperidine rings is 1.